The molecule has 0 amide bonds. The maximum atomic E-state index is 12.0. The van der Waals surface area contributed by atoms with Gasteiger partial charge < -0.3 is 10.4 Å². The molecule has 90 valence electrons. The average molecular weight is 320 g/mol. The fourth-order valence-corrected chi connectivity index (χ4v) is 1.26. The highest BCUT2D eigenvalue weighted by molar-refractivity contribution is 9.10. The van der Waals surface area contributed by atoms with E-state index in [9.17, 15) is 13.2 Å². The summed E-state index contributed by atoms with van der Waals surface area (Å²) in [4.78, 5) is 7.26. The van der Waals surface area contributed by atoms with Crippen LogP contribution in [0.5, 0.6) is 0 Å². The van der Waals surface area contributed by atoms with Crippen LogP contribution in [-0.4, -0.2) is 33.9 Å². The molecule has 0 spiro atoms. The van der Waals surface area contributed by atoms with E-state index in [4.69, 9.17) is 16.7 Å². The number of anilines is 1. The summed E-state index contributed by atoms with van der Waals surface area (Å²) in [6.07, 6.45) is -6.04. The number of alkyl halides is 3. The van der Waals surface area contributed by atoms with Gasteiger partial charge in [-0.15, -0.1) is 0 Å². The maximum absolute atomic E-state index is 12.0. The highest BCUT2D eigenvalue weighted by Gasteiger charge is 2.38. The van der Waals surface area contributed by atoms with Crippen molar-refractivity contribution >= 4 is 33.3 Å². The fourth-order valence-electron chi connectivity index (χ4n) is 0.781. The highest BCUT2D eigenvalue weighted by Crippen LogP contribution is 2.27. The van der Waals surface area contributed by atoms with E-state index in [0.29, 0.717) is 0 Å². The molecule has 1 aromatic heterocycles. The van der Waals surface area contributed by atoms with Crippen molar-refractivity contribution in [2.24, 2.45) is 0 Å². The van der Waals surface area contributed by atoms with Crippen LogP contribution in [0.25, 0.3) is 0 Å². The monoisotopic (exact) mass is 319 g/mol. The molecule has 1 unspecified atom stereocenters. The fraction of sp³-hybridized carbons (Fsp3) is 0.429. The molecule has 0 bridgehead atoms. The summed E-state index contributed by atoms with van der Waals surface area (Å²) < 4.78 is 36.2. The third-order valence-corrected chi connectivity index (χ3v) is 2.85. The van der Waals surface area contributed by atoms with Crippen molar-refractivity contribution in [1.82, 2.24) is 9.97 Å². The molecule has 9 heteroatoms. The van der Waals surface area contributed by atoms with Crippen LogP contribution in [0.3, 0.4) is 0 Å². The van der Waals surface area contributed by atoms with Crippen molar-refractivity contribution in [3.63, 3.8) is 0 Å². The molecule has 1 atom stereocenters. The van der Waals surface area contributed by atoms with Crippen molar-refractivity contribution in [2.45, 2.75) is 12.3 Å². The SMILES string of the molecule is OC(CNc1ncnc(Cl)c1Br)C(F)(F)F. The lowest BCUT2D eigenvalue weighted by molar-refractivity contribution is -0.198. The van der Waals surface area contributed by atoms with Crippen molar-refractivity contribution in [1.29, 1.82) is 0 Å². The number of halogens is 5. The molecule has 1 aromatic rings. The molecule has 0 saturated carbocycles. The van der Waals surface area contributed by atoms with Gasteiger partial charge in [-0.2, -0.15) is 13.2 Å². The van der Waals surface area contributed by atoms with Gasteiger partial charge >= 0.3 is 6.18 Å². The number of nitrogens with one attached hydrogen (secondary N) is 1. The second kappa shape index (κ2) is 5.15. The van der Waals surface area contributed by atoms with Crippen molar-refractivity contribution in [3.8, 4) is 0 Å². The molecule has 0 aliphatic carbocycles. The van der Waals surface area contributed by atoms with Gasteiger partial charge in [0.15, 0.2) is 6.10 Å². The molecule has 0 aromatic carbocycles. The molecular weight excluding hydrogens is 314 g/mol. The minimum atomic E-state index is -4.67. The lowest BCUT2D eigenvalue weighted by Gasteiger charge is -2.15. The minimum Gasteiger partial charge on any atom is -0.382 e. The van der Waals surface area contributed by atoms with Crippen LogP contribution in [-0.2, 0) is 0 Å². The van der Waals surface area contributed by atoms with Gasteiger partial charge in [0.1, 0.15) is 17.3 Å². The summed E-state index contributed by atoms with van der Waals surface area (Å²) in [5.41, 5.74) is 0. The van der Waals surface area contributed by atoms with Gasteiger partial charge in [-0.05, 0) is 15.9 Å². The molecule has 2 N–H and O–H groups in total. The number of hydrogen-bond acceptors (Lipinski definition) is 4. The first-order chi connectivity index (χ1) is 7.32. The number of aliphatic hydroxyl groups excluding tert-OH is 1. The van der Waals surface area contributed by atoms with E-state index < -0.39 is 18.8 Å². The molecule has 0 aliphatic heterocycles. The van der Waals surface area contributed by atoms with E-state index in [1.165, 1.54) is 0 Å². The van der Waals surface area contributed by atoms with Gasteiger partial charge in [-0.1, -0.05) is 11.6 Å². The van der Waals surface area contributed by atoms with E-state index in [0.717, 1.165) is 6.33 Å². The number of nitrogens with zero attached hydrogens (tertiary/aromatic N) is 2. The normalized spacial score (nSPS) is 13.6. The smallest absolute Gasteiger partial charge is 0.382 e. The third-order valence-electron chi connectivity index (χ3n) is 1.59. The Labute approximate surface area is 102 Å². The molecule has 4 nitrogen and oxygen atoms in total. The first-order valence-electron chi connectivity index (χ1n) is 3.97. The van der Waals surface area contributed by atoms with Gasteiger partial charge in [0, 0.05) is 0 Å². The Bertz CT molecular complexity index is 376. The zero-order chi connectivity index (χ0) is 12.3. The summed E-state index contributed by atoms with van der Waals surface area (Å²) in [5, 5.41) is 11.1. The molecule has 0 aliphatic rings. The molecule has 0 saturated heterocycles. The van der Waals surface area contributed by atoms with Crippen LogP contribution in [0.1, 0.15) is 0 Å². The zero-order valence-corrected chi connectivity index (χ0v) is 9.94. The summed E-state index contributed by atoms with van der Waals surface area (Å²) in [5.74, 6) is 0.0864. The standard InChI is InChI=1S/C7H6BrClF3N3O/c8-4-5(9)14-2-15-6(4)13-1-3(16)7(10,11)12/h2-3,16H,1H2,(H,13,14,15). The Balaban J connectivity index is 2.65. The Kier molecular flexibility index (Phi) is 4.34. The number of aliphatic hydroxyl groups is 1. The van der Waals surface area contributed by atoms with Crippen LogP contribution in [0.15, 0.2) is 10.8 Å². The van der Waals surface area contributed by atoms with Gasteiger partial charge in [0.25, 0.3) is 0 Å². The zero-order valence-electron chi connectivity index (χ0n) is 7.59. The van der Waals surface area contributed by atoms with Crippen LogP contribution in [0.4, 0.5) is 19.0 Å². The largest absolute Gasteiger partial charge is 0.416 e. The minimum absolute atomic E-state index is 0.0685. The highest BCUT2D eigenvalue weighted by atomic mass is 79.9. The molecular formula is C7H6BrClF3N3O. The van der Waals surface area contributed by atoms with Crippen LogP contribution >= 0.6 is 27.5 Å². The van der Waals surface area contributed by atoms with E-state index in [1.807, 2.05) is 0 Å². The lowest BCUT2D eigenvalue weighted by Crippen LogP contribution is -2.35. The summed E-state index contributed by atoms with van der Waals surface area (Å²) in [6, 6.07) is 0. The van der Waals surface area contributed by atoms with Gasteiger partial charge in [-0.3, -0.25) is 0 Å². The van der Waals surface area contributed by atoms with E-state index in [1.54, 1.807) is 0 Å². The van der Waals surface area contributed by atoms with Crippen LogP contribution < -0.4 is 5.32 Å². The van der Waals surface area contributed by atoms with Gasteiger partial charge in [0.2, 0.25) is 0 Å². The number of hydrogen-bond donors (Lipinski definition) is 2. The van der Waals surface area contributed by atoms with Crippen molar-refractivity contribution < 1.29 is 18.3 Å². The summed E-state index contributed by atoms with van der Waals surface area (Å²) in [6.45, 7) is -0.713. The Hall–Kier alpha value is -0.600. The van der Waals surface area contributed by atoms with Gasteiger partial charge in [-0.25, -0.2) is 9.97 Å². The van der Waals surface area contributed by atoms with E-state index in [-0.39, 0.29) is 15.4 Å². The Morgan fingerprint density at radius 1 is 1.50 bits per heavy atom. The first kappa shape index (κ1) is 13.5. The predicted molar refractivity (Wildman–Crippen MR) is 55.3 cm³/mol. The summed E-state index contributed by atoms with van der Waals surface area (Å²) >= 11 is 8.59. The lowest BCUT2D eigenvalue weighted by atomic mass is 10.3. The summed E-state index contributed by atoms with van der Waals surface area (Å²) in [7, 11) is 0. The van der Waals surface area contributed by atoms with E-state index >= 15 is 0 Å². The Morgan fingerprint density at radius 2 is 2.12 bits per heavy atom. The topological polar surface area (TPSA) is 58.0 Å². The second-order valence-corrected chi connectivity index (χ2v) is 3.92. The molecule has 1 heterocycles. The molecule has 0 radical (unpaired) electrons. The second-order valence-electron chi connectivity index (χ2n) is 2.77. The predicted octanol–water partition coefficient (Wildman–Crippen LogP) is 2.23. The van der Waals surface area contributed by atoms with E-state index in [2.05, 4.69) is 31.2 Å². The average Bonchev–Trinajstić information content (AvgIpc) is 2.18. The molecule has 0 fully saturated rings. The third kappa shape index (κ3) is 3.46. The number of rotatable bonds is 3. The quantitative estimate of drug-likeness (QED) is 0.839. The van der Waals surface area contributed by atoms with Crippen molar-refractivity contribution in [3.05, 3.63) is 16.0 Å². The molecule has 1 rings (SSSR count). The number of aromatic nitrogens is 2. The molecule has 16 heavy (non-hydrogen) atoms. The van der Waals surface area contributed by atoms with Gasteiger partial charge in [0.05, 0.1) is 11.0 Å². The van der Waals surface area contributed by atoms with Crippen LogP contribution in [0, 0.1) is 0 Å². The Morgan fingerprint density at radius 3 is 2.69 bits per heavy atom. The maximum Gasteiger partial charge on any atom is 0.416 e. The first-order valence-corrected chi connectivity index (χ1v) is 5.14. The van der Waals surface area contributed by atoms with Crippen molar-refractivity contribution in [2.75, 3.05) is 11.9 Å². The van der Waals surface area contributed by atoms with Crippen LogP contribution in [0.2, 0.25) is 5.15 Å².